The molecule has 9 nitrogen and oxygen atoms in total. The van der Waals surface area contributed by atoms with Gasteiger partial charge in [-0.2, -0.15) is 0 Å². The molecule has 2 aromatic rings. The van der Waals surface area contributed by atoms with Gasteiger partial charge >= 0.3 is 0 Å². The van der Waals surface area contributed by atoms with E-state index in [0.717, 1.165) is 18.7 Å². The number of ether oxygens (including phenoxy) is 3. The van der Waals surface area contributed by atoms with Gasteiger partial charge in [-0.25, -0.2) is 9.97 Å². The van der Waals surface area contributed by atoms with Crippen molar-refractivity contribution in [3.63, 3.8) is 0 Å². The lowest BCUT2D eigenvalue weighted by molar-refractivity contribution is -0.155. The molecule has 2 amide bonds. The summed E-state index contributed by atoms with van der Waals surface area (Å²) in [5.74, 6) is 1.57. The van der Waals surface area contributed by atoms with Crippen LogP contribution in [0.2, 0.25) is 5.02 Å². The average Bonchev–Trinajstić information content (AvgIpc) is 3.74. The number of benzene rings is 1. The number of amides is 2. The van der Waals surface area contributed by atoms with Crippen LogP contribution in [-0.2, 0) is 14.3 Å². The van der Waals surface area contributed by atoms with Gasteiger partial charge in [0.1, 0.15) is 23.8 Å². The van der Waals surface area contributed by atoms with Crippen molar-refractivity contribution in [1.82, 2.24) is 19.8 Å². The van der Waals surface area contributed by atoms with Gasteiger partial charge in [0.2, 0.25) is 5.91 Å². The van der Waals surface area contributed by atoms with Crippen LogP contribution < -0.4 is 4.74 Å². The number of halogens is 1. The van der Waals surface area contributed by atoms with Gasteiger partial charge in [-0.15, -0.1) is 0 Å². The molecule has 1 aromatic carbocycles. The third kappa shape index (κ3) is 5.91. The zero-order valence-corrected chi connectivity index (χ0v) is 20.3. The molecular weight excluding hydrogens is 472 g/mol. The van der Waals surface area contributed by atoms with Crippen molar-refractivity contribution < 1.29 is 23.8 Å². The van der Waals surface area contributed by atoms with Crippen molar-refractivity contribution in [3.05, 3.63) is 53.1 Å². The summed E-state index contributed by atoms with van der Waals surface area (Å²) in [6.45, 7) is 3.13. The third-order valence-electron chi connectivity index (χ3n) is 6.53. The summed E-state index contributed by atoms with van der Waals surface area (Å²) >= 11 is 6.11. The highest BCUT2D eigenvalue weighted by atomic mass is 35.5. The van der Waals surface area contributed by atoms with Crippen LogP contribution in [0.3, 0.4) is 0 Å². The molecule has 1 aliphatic carbocycles. The second kappa shape index (κ2) is 10.5. The van der Waals surface area contributed by atoms with Crippen LogP contribution in [0.15, 0.2) is 36.7 Å². The number of nitrogens with zero attached hydrogens (tertiary/aromatic N) is 4. The second-order valence-corrected chi connectivity index (χ2v) is 9.71. The van der Waals surface area contributed by atoms with Gasteiger partial charge in [-0.3, -0.25) is 9.59 Å². The Balaban J connectivity index is 1.32. The molecule has 0 spiro atoms. The molecule has 186 valence electrons. The van der Waals surface area contributed by atoms with Crippen molar-refractivity contribution in [2.24, 2.45) is 0 Å². The lowest BCUT2D eigenvalue weighted by Gasteiger charge is -2.43. The summed E-state index contributed by atoms with van der Waals surface area (Å²) < 4.78 is 17.6. The lowest BCUT2D eigenvalue weighted by Crippen LogP contribution is -2.58. The molecule has 2 aliphatic heterocycles. The lowest BCUT2D eigenvalue weighted by atomic mass is 9.96. The fourth-order valence-corrected chi connectivity index (χ4v) is 4.60. The fourth-order valence-electron chi connectivity index (χ4n) is 4.42. The number of rotatable bonds is 7. The van der Waals surface area contributed by atoms with Gasteiger partial charge in [-0.1, -0.05) is 17.7 Å². The van der Waals surface area contributed by atoms with Crippen LogP contribution in [0.5, 0.6) is 5.75 Å². The summed E-state index contributed by atoms with van der Waals surface area (Å²) in [5, 5.41) is 0.553. The highest BCUT2D eigenvalue weighted by Crippen LogP contribution is 2.37. The Morgan fingerprint density at radius 1 is 1.09 bits per heavy atom. The normalized spacial score (nSPS) is 22.7. The van der Waals surface area contributed by atoms with Gasteiger partial charge in [0.05, 0.1) is 38.3 Å². The maximum atomic E-state index is 13.3. The largest absolute Gasteiger partial charge is 0.490 e. The van der Waals surface area contributed by atoms with E-state index in [9.17, 15) is 9.59 Å². The molecule has 3 fully saturated rings. The molecule has 1 unspecified atom stereocenters. The monoisotopic (exact) mass is 500 g/mol. The number of morpholine rings is 2. The Labute approximate surface area is 209 Å². The van der Waals surface area contributed by atoms with E-state index >= 15 is 0 Å². The first-order chi connectivity index (χ1) is 17.0. The fraction of sp³-hybridized carbons (Fsp3) is 0.520. The molecule has 3 heterocycles. The molecule has 1 atom stereocenters. The Morgan fingerprint density at radius 2 is 1.83 bits per heavy atom. The molecule has 1 aromatic heterocycles. The third-order valence-corrected chi connectivity index (χ3v) is 6.77. The number of hydrogen-bond acceptors (Lipinski definition) is 7. The molecule has 2 saturated heterocycles. The van der Waals surface area contributed by atoms with Gasteiger partial charge in [0, 0.05) is 43.0 Å². The molecule has 5 rings (SSSR count). The molecular formula is C25H29ClN4O5. The van der Waals surface area contributed by atoms with Crippen molar-refractivity contribution in [2.75, 3.05) is 52.6 Å². The summed E-state index contributed by atoms with van der Waals surface area (Å²) in [6, 6.07) is 7.07. The quantitative estimate of drug-likeness (QED) is 0.576. The summed E-state index contributed by atoms with van der Waals surface area (Å²) in [6.07, 6.45) is 5.49. The minimum Gasteiger partial charge on any atom is -0.490 e. The summed E-state index contributed by atoms with van der Waals surface area (Å²) in [5.41, 5.74) is -0.569. The van der Waals surface area contributed by atoms with Gasteiger partial charge in [0.15, 0.2) is 0 Å². The van der Waals surface area contributed by atoms with E-state index in [4.69, 9.17) is 25.8 Å². The Morgan fingerprint density at radius 3 is 2.54 bits per heavy atom. The SMILES string of the molecule is O=C(CC1(COc2cccc(Cl)c2)CN(C(=O)c2cnc(C3CC3)nc2)CCO1)N1CCOCC1. The minimum atomic E-state index is -1.000. The van der Waals surface area contributed by atoms with E-state index in [1.807, 2.05) is 0 Å². The summed E-state index contributed by atoms with van der Waals surface area (Å²) in [4.78, 5) is 38.7. The Hall–Kier alpha value is -2.75. The van der Waals surface area contributed by atoms with Crippen molar-refractivity contribution in [1.29, 1.82) is 0 Å². The highest BCUT2D eigenvalue weighted by Gasteiger charge is 2.42. The molecule has 3 aliphatic rings. The van der Waals surface area contributed by atoms with E-state index in [0.29, 0.717) is 61.7 Å². The second-order valence-electron chi connectivity index (χ2n) is 9.28. The first-order valence-electron chi connectivity index (χ1n) is 12.0. The van der Waals surface area contributed by atoms with Crippen molar-refractivity contribution >= 4 is 23.4 Å². The molecule has 1 saturated carbocycles. The zero-order chi connectivity index (χ0) is 24.3. The maximum Gasteiger partial charge on any atom is 0.257 e. The van der Waals surface area contributed by atoms with E-state index in [1.54, 1.807) is 46.5 Å². The first-order valence-corrected chi connectivity index (χ1v) is 12.4. The van der Waals surface area contributed by atoms with Gasteiger partial charge in [0.25, 0.3) is 5.91 Å². The Bertz CT molecular complexity index is 1060. The van der Waals surface area contributed by atoms with Crippen LogP contribution >= 0.6 is 11.6 Å². The van der Waals surface area contributed by atoms with Crippen LogP contribution in [0.1, 0.15) is 41.4 Å². The number of carbonyl (C=O) groups excluding carboxylic acids is 2. The number of carbonyl (C=O) groups is 2. The van der Waals surface area contributed by atoms with Crippen molar-refractivity contribution in [2.45, 2.75) is 30.8 Å². The van der Waals surface area contributed by atoms with E-state index in [-0.39, 0.29) is 31.4 Å². The highest BCUT2D eigenvalue weighted by molar-refractivity contribution is 6.30. The van der Waals surface area contributed by atoms with Crippen LogP contribution in [0, 0.1) is 0 Å². The smallest absolute Gasteiger partial charge is 0.257 e. The van der Waals surface area contributed by atoms with Crippen LogP contribution in [0.25, 0.3) is 0 Å². The molecule has 0 radical (unpaired) electrons. The van der Waals surface area contributed by atoms with Crippen LogP contribution in [0.4, 0.5) is 0 Å². The van der Waals surface area contributed by atoms with Gasteiger partial charge < -0.3 is 24.0 Å². The van der Waals surface area contributed by atoms with E-state index < -0.39 is 5.60 Å². The number of aromatic nitrogens is 2. The Kier molecular flexibility index (Phi) is 7.17. The van der Waals surface area contributed by atoms with E-state index in [2.05, 4.69) is 9.97 Å². The molecule has 35 heavy (non-hydrogen) atoms. The summed E-state index contributed by atoms with van der Waals surface area (Å²) in [7, 11) is 0. The first kappa shape index (κ1) is 24.0. The predicted octanol–water partition coefficient (Wildman–Crippen LogP) is 2.55. The van der Waals surface area contributed by atoms with E-state index in [1.165, 1.54) is 0 Å². The maximum absolute atomic E-state index is 13.3. The standard InChI is InChI=1S/C25H29ClN4O5/c26-20-2-1-3-21(12-20)34-17-25(13-22(31)29-6-9-33-10-7-29)16-30(8-11-35-25)24(32)19-14-27-23(28-15-19)18-4-5-18/h1-3,12,14-15,18H,4-11,13,16-17H2. The van der Waals surface area contributed by atoms with Gasteiger partial charge in [-0.05, 0) is 31.0 Å². The molecule has 10 heteroatoms. The average molecular weight is 501 g/mol. The predicted molar refractivity (Wildman–Crippen MR) is 128 cm³/mol. The zero-order valence-electron chi connectivity index (χ0n) is 19.5. The molecule has 0 bridgehead atoms. The molecule has 0 N–H and O–H groups in total. The topological polar surface area (TPSA) is 94.1 Å². The van der Waals surface area contributed by atoms with Crippen LogP contribution in [-0.4, -0.2) is 89.8 Å². The minimum absolute atomic E-state index is 0.0468. The number of hydrogen-bond donors (Lipinski definition) is 0. The van der Waals surface area contributed by atoms with Crippen molar-refractivity contribution in [3.8, 4) is 5.75 Å².